The predicted octanol–water partition coefficient (Wildman–Crippen LogP) is 4.78. The number of aromatic nitrogens is 5. The van der Waals surface area contributed by atoms with Crippen molar-refractivity contribution in [2.24, 2.45) is 11.8 Å². The number of hydrogen-bond donors (Lipinski definition) is 1. The number of likely N-dealkylation sites (tertiary alicyclic amines) is 2. The van der Waals surface area contributed by atoms with Crippen molar-refractivity contribution in [2.45, 2.75) is 88.7 Å². The van der Waals surface area contributed by atoms with Crippen molar-refractivity contribution in [2.75, 3.05) is 26.2 Å². The number of carbonyl (C=O) groups excluding carboxylic acids is 3. The van der Waals surface area contributed by atoms with Crippen LogP contribution in [0.2, 0.25) is 0 Å². The van der Waals surface area contributed by atoms with Crippen molar-refractivity contribution in [3.8, 4) is 0 Å². The van der Waals surface area contributed by atoms with Crippen LogP contribution in [-0.4, -0.2) is 102 Å². The van der Waals surface area contributed by atoms with Gasteiger partial charge in [-0.2, -0.15) is 22.7 Å². The summed E-state index contributed by atoms with van der Waals surface area (Å²) in [5, 5.41) is 14.5. The third kappa shape index (κ3) is 6.95. The van der Waals surface area contributed by atoms with Gasteiger partial charge in [0.15, 0.2) is 11.3 Å². The highest BCUT2D eigenvalue weighted by molar-refractivity contribution is 5.93. The molecule has 3 fully saturated rings. The standard InChI is InChI=1S/C31H36F6N8O5/c1-16-23(42-50-41-16)25(46)40-24(17-5-7-29(32,33)8-6-17)21-13-45-22(39-21)9-18(10-38-45)19-11-43(27(48)49-28(2,3)4)12-20(19)26(47)44-14-30(34,35)31(36,37)15-44/h9-10,13,17,19-20,24H,5-8,11-12,14-15H2,1-4H3,(H,40,46)/t19?,20?,24-/m0/s1. The summed E-state index contributed by atoms with van der Waals surface area (Å²) in [7, 11) is 0. The van der Waals surface area contributed by atoms with Gasteiger partial charge in [-0.05, 0) is 63.2 Å². The van der Waals surface area contributed by atoms with Gasteiger partial charge in [0.05, 0.1) is 43.1 Å². The Balaban J connectivity index is 1.31. The van der Waals surface area contributed by atoms with E-state index in [9.17, 15) is 40.7 Å². The molecule has 272 valence electrons. The van der Waals surface area contributed by atoms with Crippen LogP contribution in [0.4, 0.5) is 31.1 Å². The van der Waals surface area contributed by atoms with Crippen molar-refractivity contribution < 1.29 is 50.1 Å². The number of hydrogen-bond acceptors (Lipinski definition) is 9. The molecule has 0 bridgehead atoms. The highest BCUT2D eigenvalue weighted by Crippen LogP contribution is 2.44. The maximum Gasteiger partial charge on any atom is 0.410 e. The van der Waals surface area contributed by atoms with Gasteiger partial charge in [-0.3, -0.25) is 9.59 Å². The average Bonchev–Trinajstić information content (AvgIpc) is 3.79. The summed E-state index contributed by atoms with van der Waals surface area (Å²) in [4.78, 5) is 46.0. The topological polar surface area (TPSA) is 148 Å². The van der Waals surface area contributed by atoms with E-state index in [1.165, 1.54) is 28.7 Å². The maximum atomic E-state index is 14.1. The van der Waals surface area contributed by atoms with E-state index in [1.807, 2.05) is 0 Å². The monoisotopic (exact) mass is 714 g/mol. The van der Waals surface area contributed by atoms with E-state index >= 15 is 0 Å². The lowest BCUT2D eigenvalue weighted by atomic mass is 9.81. The number of ether oxygens (including phenoxy) is 1. The van der Waals surface area contributed by atoms with E-state index < -0.39 is 78.2 Å². The van der Waals surface area contributed by atoms with Crippen molar-refractivity contribution in [3.05, 3.63) is 41.1 Å². The second-order valence-corrected chi connectivity index (χ2v) is 14.3. The molecule has 1 N–H and O–H groups in total. The predicted molar refractivity (Wildman–Crippen MR) is 160 cm³/mol. The Labute approximate surface area is 281 Å². The Bertz CT molecular complexity index is 1770. The number of nitrogens with zero attached hydrogens (tertiary/aromatic N) is 7. The lowest BCUT2D eigenvalue weighted by Crippen LogP contribution is -2.40. The average molecular weight is 715 g/mol. The molecule has 1 aliphatic carbocycles. The molecule has 2 aliphatic heterocycles. The van der Waals surface area contributed by atoms with Crippen LogP contribution in [0.3, 0.4) is 0 Å². The Morgan fingerprint density at radius 1 is 1.00 bits per heavy atom. The molecule has 13 nitrogen and oxygen atoms in total. The minimum Gasteiger partial charge on any atom is -0.444 e. The summed E-state index contributed by atoms with van der Waals surface area (Å²) < 4.78 is 96.0. The number of fused-ring (bicyclic) bond motifs is 1. The summed E-state index contributed by atoms with van der Waals surface area (Å²) in [6.07, 6.45) is 1.52. The zero-order valence-electron chi connectivity index (χ0n) is 27.6. The summed E-state index contributed by atoms with van der Waals surface area (Å²) in [5.74, 6) is -15.8. The van der Waals surface area contributed by atoms with Gasteiger partial charge in [0, 0.05) is 31.8 Å². The van der Waals surface area contributed by atoms with Crippen LogP contribution >= 0.6 is 0 Å². The van der Waals surface area contributed by atoms with E-state index in [-0.39, 0.29) is 55.8 Å². The van der Waals surface area contributed by atoms with Crippen LogP contribution in [-0.2, 0) is 9.53 Å². The summed E-state index contributed by atoms with van der Waals surface area (Å²) in [6, 6.07) is 0.703. The van der Waals surface area contributed by atoms with E-state index in [0.717, 1.165) is 0 Å². The first-order valence-electron chi connectivity index (χ1n) is 16.1. The first-order chi connectivity index (χ1) is 23.2. The Morgan fingerprint density at radius 2 is 1.66 bits per heavy atom. The lowest BCUT2D eigenvalue weighted by Gasteiger charge is -2.33. The molecular formula is C31H36F6N8O5. The van der Waals surface area contributed by atoms with Gasteiger partial charge in [-0.1, -0.05) is 5.16 Å². The van der Waals surface area contributed by atoms with E-state index in [1.54, 1.807) is 26.8 Å². The Kier molecular flexibility index (Phi) is 8.77. The molecule has 3 aromatic heterocycles. The van der Waals surface area contributed by atoms with Gasteiger partial charge in [0.25, 0.3) is 5.91 Å². The maximum absolute atomic E-state index is 14.1. The van der Waals surface area contributed by atoms with Crippen LogP contribution in [0.1, 0.15) is 85.9 Å². The molecule has 1 saturated carbocycles. The van der Waals surface area contributed by atoms with Crippen molar-refractivity contribution in [1.82, 2.24) is 40.0 Å². The normalized spacial score (nSPS) is 24.0. The van der Waals surface area contributed by atoms with Gasteiger partial charge in [0.2, 0.25) is 11.8 Å². The molecule has 19 heteroatoms. The van der Waals surface area contributed by atoms with Crippen molar-refractivity contribution in [3.63, 3.8) is 0 Å². The fraction of sp³-hybridized carbons (Fsp3) is 0.645. The highest BCUT2D eigenvalue weighted by Gasteiger charge is 2.64. The first kappa shape index (κ1) is 35.4. The highest BCUT2D eigenvalue weighted by atomic mass is 19.3. The number of imidazole rings is 1. The Hall–Kier alpha value is -4.45. The number of rotatable bonds is 6. The van der Waals surface area contributed by atoms with Crippen LogP contribution in [0.15, 0.2) is 23.1 Å². The first-order valence-corrected chi connectivity index (χ1v) is 16.1. The summed E-state index contributed by atoms with van der Waals surface area (Å²) in [5.41, 5.74) is 0.116. The molecule has 5 heterocycles. The minimum atomic E-state index is -4.42. The molecule has 0 aromatic carbocycles. The largest absolute Gasteiger partial charge is 0.444 e. The third-order valence-electron chi connectivity index (χ3n) is 9.41. The smallest absolute Gasteiger partial charge is 0.410 e. The zero-order valence-corrected chi connectivity index (χ0v) is 27.6. The molecule has 3 aromatic rings. The Morgan fingerprint density at radius 3 is 2.26 bits per heavy atom. The van der Waals surface area contributed by atoms with Crippen LogP contribution in [0, 0.1) is 18.8 Å². The molecule has 2 unspecified atom stereocenters. The lowest BCUT2D eigenvalue weighted by molar-refractivity contribution is -0.172. The van der Waals surface area contributed by atoms with Gasteiger partial charge >= 0.3 is 17.9 Å². The fourth-order valence-corrected chi connectivity index (χ4v) is 6.76. The number of nitrogens with one attached hydrogen (secondary N) is 1. The van der Waals surface area contributed by atoms with Crippen molar-refractivity contribution in [1.29, 1.82) is 0 Å². The SMILES string of the molecule is Cc1nonc1C(=O)N[C@H](c1cn2ncc(C3CN(C(=O)OC(C)(C)C)CC3C(=O)N3CC(F)(F)C(F)(F)C3)cc2n1)C1CCC(F)(F)CC1. The molecule has 3 atom stereocenters. The quantitative estimate of drug-likeness (QED) is 0.356. The number of aryl methyl sites for hydroxylation is 1. The second-order valence-electron chi connectivity index (χ2n) is 14.3. The molecular weight excluding hydrogens is 678 g/mol. The second kappa shape index (κ2) is 12.4. The number of halogens is 6. The molecule has 3 aliphatic rings. The van der Waals surface area contributed by atoms with Crippen molar-refractivity contribution >= 4 is 23.6 Å². The fourth-order valence-electron chi connectivity index (χ4n) is 6.76. The molecule has 6 rings (SSSR count). The molecule has 0 radical (unpaired) electrons. The third-order valence-corrected chi connectivity index (χ3v) is 9.41. The van der Waals surface area contributed by atoms with E-state index in [2.05, 4.69) is 30.3 Å². The molecule has 2 saturated heterocycles. The van der Waals surface area contributed by atoms with Crippen LogP contribution < -0.4 is 5.32 Å². The van der Waals surface area contributed by atoms with Gasteiger partial charge < -0.3 is 19.9 Å². The summed E-state index contributed by atoms with van der Waals surface area (Å²) in [6.45, 7) is 3.10. The summed E-state index contributed by atoms with van der Waals surface area (Å²) >= 11 is 0. The molecule has 50 heavy (non-hydrogen) atoms. The van der Waals surface area contributed by atoms with Gasteiger partial charge in [-0.25, -0.2) is 27.7 Å². The van der Waals surface area contributed by atoms with E-state index in [4.69, 9.17) is 4.74 Å². The zero-order chi connectivity index (χ0) is 36.4. The van der Waals surface area contributed by atoms with Gasteiger partial charge in [0.1, 0.15) is 11.3 Å². The molecule has 0 spiro atoms. The van der Waals surface area contributed by atoms with Crippen LogP contribution in [0.5, 0.6) is 0 Å². The molecule has 3 amide bonds. The number of carbonyl (C=O) groups is 3. The number of alkyl halides is 6. The number of amides is 3. The van der Waals surface area contributed by atoms with Gasteiger partial charge in [-0.15, -0.1) is 0 Å². The van der Waals surface area contributed by atoms with E-state index in [0.29, 0.717) is 16.2 Å². The van der Waals surface area contributed by atoms with Crippen LogP contribution in [0.25, 0.3) is 5.65 Å². The minimum absolute atomic E-state index is 0.0830.